The van der Waals surface area contributed by atoms with Crippen molar-refractivity contribution in [2.75, 3.05) is 28.2 Å². The molecule has 0 bridgehead atoms. The second-order valence-corrected chi connectivity index (χ2v) is 8.18. The zero-order chi connectivity index (χ0) is 15.4. The van der Waals surface area contributed by atoms with E-state index in [0.29, 0.717) is 0 Å². The molecule has 0 saturated heterocycles. The summed E-state index contributed by atoms with van der Waals surface area (Å²) in [6.07, 6.45) is 0. The Bertz CT molecular complexity index is 329. The Morgan fingerprint density at radius 1 is 0.789 bits per heavy atom. The molecule has 2 heterocycles. The number of hydrogen-bond donors (Lipinski definition) is 0. The molecule has 0 aliphatic carbocycles. The van der Waals surface area contributed by atoms with Crippen LogP contribution in [0.5, 0.6) is 0 Å². The molecule has 0 radical (unpaired) electrons. The topological polar surface area (TPSA) is 31.2 Å². The average Bonchev–Trinajstić information content (AvgIpc) is 3.05. The third kappa shape index (κ3) is 6.95. The molecule has 0 N–H and O–H groups in total. The van der Waals surface area contributed by atoms with Crippen LogP contribution in [-0.2, 0) is 15.9 Å². The predicted octanol–water partition coefficient (Wildman–Crippen LogP) is 2.85. The van der Waals surface area contributed by atoms with Crippen molar-refractivity contribution in [2.24, 2.45) is 9.98 Å². The molecule has 0 saturated carbocycles. The van der Waals surface area contributed by atoms with Crippen molar-refractivity contribution in [3.05, 3.63) is 0 Å². The molecule has 19 heavy (non-hydrogen) atoms. The van der Waals surface area contributed by atoms with Crippen LogP contribution in [0.25, 0.3) is 0 Å². The maximum absolute atomic E-state index is 4.81. The Balaban J connectivity index is 0.000000284. The fourth-order valence-corrected chi connectivity index (χ4v) is 1.77. The van der Waals surface area contributed by atoms with Gasteiger partial charge in [0.1, 0.15) is 22.7 Å². The van der Waals surface area contributed by atoms with Gasteiger partial charge in [0.15, 0.2) is 0 Å². The first-order valence-corrected chi connectivity index (χ1v) is 9.87. The molecule has 0 spiro atoms. The van der Waals surface area contributed by atoms with Crippen LogP contribution in [0.15, 0.2) is 9.98 Å². The van der Waals surface area contributed by atoms with Crippen LogP contribution in [0, 0.1) is 0 Å². The Morgan fingerprint density at radius 3 is 0.947 bits per heavy atom. The van der Waals surface area contributed by atoms with Gasteiger partial charge in [-0.3, -0.25) is 9.98 Å². The molecule has 2 aliphatic rings. The summed E-state index contributed by atoms with van der Waals surface area (Å²) in [6, 6.07) is 0. The second kappa shape index (κ2) is 7.27. The minimum absolute atomic E-state index is 0.106. The number of rotatable bonds is 0. The fourth-order valence-electron chi connectivity index (χ4n) is 1.77. The molecule has 2 rings (SSSR count). The van der Waals surface area contributed by atoms with Crippen LogP contribution in [0.1, 0.15) is 27.7 Å². The molecule has 0 atom stereocenters. The first kappa shape index (κ1) is 19.2. The van der Waals surface area contributed by atoms with E-state index in [1.54, 1.807) is 0 Å². The zero-order valence-corrected chi connectivity index (χ0v) is 15.9. The van der Waals surface area contributed by atoms with Crippen molar-refractivity contribution in [2.45, 2.75) is 38.8 Å². The molecule has 0 unspecified atom stereocenters. The van der Waals surface area contributed by atoms with Crippen LogP contribution >= 0.6 is 19.1 Å². The zero-order valence-electron chi connectivity index (χ0n) is 12.9. The van der Waals surface area contributed by atoms with Gasteiger partial charge in [0, 0.05) is 28.2 Å². The van der Waals surface area contributed by atoms with Gasteiger partial charge in [-0.05, 0) is 27.7 Å². The normalized spacial score (nSPS) is 19.9. The number of amidine groups is 2. The molecular formula is C12H24Cl2N4Pd. The molecule has 4 nitrogen and oxygen atoms in total. The number of nitrogens with zero attached hydrogens (tertiary/aromatic N) is 4. The van der Waals surface area contributed by atoms with E-state index >= 15 is 0 Å². The average molecular weight is 402 g/mol. The Kier molecular flexibility index (Phi) is 7.33. The predicted molar refractivity (Wildman–Crippen MR) is 82.1 cm³/mol. The van der Waals surface area contributed by atoms with Gasteiger partial charge in [-0.25, -0.2) is 0 Å². The third-order valence-corrected chi connectivity index (χ3v) is 2.61. The van der Waals surface area contributed by atoms with Gasteiger partial charge in [-0.2, -0.15) is 0 Å². The quantitative estimate of drug-likeness (QED) is 0.585. The molecule has 2 aliphatic heterocycles. The molecule has 0 aromatic heterocycles. The first-order valence-electron chi connectivity index (χ1n) is 5.87. The van der Waals surface area contributed by atoms with Crippen molar-refractivity contribution in [1.82, 2.24) is 9.80 Å². The van der Waals surface area contributed by atoms with E-state index in [4.69, 9.17) is 19.1 Å². The molecular weight excluding hydrogens is 377 g/mol. The van der Waals surface area contributed by atoms with E-state index in [-0.39, 0.29) is 27.0 Å². The van der Waals surface area contributed by atoms with E-state index in [1.807, 2.05) is 28.2 Å². The summed E-state index contributed by atoms with van der Waals surface area (Å²) in [4.78, 5) is 12.6. The van der Waals surface area contributed by atoms with Gasteiger partial charge in [0.2, 0.25) is 0 Å². The van der Waals surface area contributed by atoms with Crippen molar-refractivity contribution in [3.63, 3.8) is 0 Å². The van der Waals surface area contributed by atoms with Crippen LogP contribution < -0.4 is 0 Å². The monoisotopic (exact) mass is 400 g/mol. The van der Waals surface area contributed by atoms with E-state index in [0.717, 1.165) is 0 Å². The number of likely N-dealkylation sites (N-methyl/N-ethyl adjacent to an activating group) is 2. The van der Waals surface area contributed by atoms with Gasteiger partial charge in [0.25, 0.3) is 0 Å². The van der Waals surface area contributed by atoms with Gasteiger partial charge < -0.3 is 9.80 Å². The summed E-state index contributed by atoms with van der Waals surface area (Å²) in [7, 11) is 17.7. The van der Waals surface area contributed by atoms with E-state index < -0.39 is 0 Å². The van der Waals surface area contributed by atoms with E-state index in [9.17, 15) is 0 Å². The number of halogens is 2. The maximum atomic E-state index is 4.81. The summed E-state index contributed by atoms with van der Waals surface area (Å²) >= 11 is -0.106. The van der Waals surface area contributed by atoms with Crippen molar-refractivity contribution >= 4 is 30.7 Å². The minimum atomic E-state index is -0.106. The summed E-state index contributed by atoms with van der Waals surface area (Å²) < 4.78 is 0. The number of aliphatic imine (C=N–C) groups is 2. The summed E-state index contributed by atoms with van der Waals surface area (Å²) in [6.45, 7) is 8.45. The SMILES string of the molecule is CN(C)C1=NC1(C)C.CN(C)C1=NC1(C)C.[Cl][Pd][Cl]. The Hall–Kier alpha value is 0.182. The van der Waals surface area contributed by atoms with Crippen LogP contribution in [0.2, 0.25) is 0 Å². The van der Waals surface area contributed by atoms with Crippen LogP contribution in [0.3, 0.4) is 0 Å². The van der Waals surface area contributed by atoms with Crippen molar-refractivity contribution in [3.8, 4) is 0 Å². The van der Waals surface area contributed by atoms with Crippen LogP contribution in [-0.4, -0.2) is 60.7 Å². The summed E-state index contributed by atoms with van der Waals surface area (Å²) in [5, 5.41) is 0. The van der Waals surface area contributed by atoms with E-state index in [2.05, 4.69) is 47.5 Å². The van der Waals surface area contributed by atoms with Crippen molar-refractivity contribution < 1.29 is 15.9 Å². The van der Waals surface area contributed by atoms with Gasteiger partial charge in [-0.15, -0.1) is 0 Å². The molecule has 0 amide bonds. The van der Waals surface area contributed by atoms with Gasteiger partial charge in [-0.1, -0.05) is 0 Å². The molecule has 7 heteroatoms. The third-order valence-electron chi connectivity index (χ3n) is 2.61. The fraction of sp³-hybridized carbons (Fsp3) is 0.833. The summed E-state index contributed by atoms with van der Waals surface area (Å²) in [5.41, 5.74) is 0.312. The van der Waals surface area contributed by atoms with Crippen LogP contribution in [0.4, 0.5) is 0 Å². The van der Waals surface area contributed by atoms with Gasteiger partial charge >= 0.3 is 35.0 Å². The molecule has 116 valence electrons. The standard InChI is InChI=1S/2C6H12N2.2ClH.Pd/c2*1-6(2)5(7-6)8(3)4;;;/h2*1-4H3;2*1H;/q;;;;+2/p-2. The first-order chi connectivity index (χ1) is 8.49. The summed E-state index contributed by atoms with van der Waals surface area (Å²) in [5.74, 6) is 2.41. The van der Waals surface area contributed by atoms with Gasteiger partial charge in [0.05, 0.1) is 0 Å². The Morgan fingerprint density at radius 2 is 0.947 bits per heavy atom. The molecule has 0 fully saturated rings. The number of hydrogen-bond acceptors (Lipinski definition) is 4. The Labute approximate surface area is 133 Å². The second-order valence-electron chi connectivity index (χ2n) is 5.82. The molecule has 0 aromatic carbocycles. The molecule has 0 aromatic rings. The van der Waals surface area contributed by atoms with Crippen molar-refractivity contribution in [1.29, 1.82) is 0 Å². The van der Waals surface area contributed by atoms with E-state index in [1.165, 1.54) is 11.7 Å².